The molecule has 2 fully saturated rings. The number of anilines is 1. The van der Waals surface area contributed by atoms with Gasteiger partial charge in [0.15, 0.2) is 6.29 Å². The van der Waals surface area contributed by atoms with Gasteiger partial charge in [0.1, 0.15) is 0 Å². The molecule has 164 valence electrons. The number of hydrogen-bond acceptors (Lipinski definition) is 5. The molecule has 0 spiro atoms. The van der Waals surface area contributed by atoms with E-state index in [1.165, 1.54) is 22.9 Å². The summed E-state index contributed by atoms with van der Waals surface area (Å²) in [5.74, 6) is -0.297. The average Bonchev–Trinajstić information content (AvgIpc) is 2.83. The van der Waals surface area contributed by atoms with Crippen LogP contribution in [0.4, 0.5) is 5.69 Å². The van der Waals surface area contributed by atoms with Crippen molar-refractivity contribution in [2.24, 2.45) is 0 Å². The van der Waals surface area contributed by atoms with E-state index in [1.54, 1.807) is 6.08 Å². The van der Waals surface area contributed by atoms with Gasteiger partial charge in [0.2, 0.25) is 0 Å². The third kappa shape index (κ3) is 5.94. The molecule has 0 saturated carbocycles. The molecule has 6 heteroatoms. The Bertz CT molecular complexity index is 898. The fourth-order valence-electron chi connectivity index (χ4n) is 3.92. The number of aryl methyl sites for hydroxylation is 1. The van der Waals surface area contributed by atoms with Crippen molar-refractivity contribution >= 4 is 17.7 Å². The van der Waals surface area contributed by atoms with Crippen molar-refractivity contribution in [1.29, 1.82) is 0 Å². The van der Waals surface area contributed by atoms with Gasteiger partial charge in [-0.25, -0.2) is 10.3 Å². The van der Waals surface area contributed by atoms with Crippen molar-refractivity contribution in [2.75, 3.05) is 37.8 Å². The van der Waals surface area contributed by atoms with Gasteiger partial charge in [-0.1, -0.05) is 30.3 Å². The zero-order valence-electron chi connectivity index (χ0n) is 18.0. The lowest BCUT2D eigenvalue weighted by atomic mass is 9.98. The molecule has 2 aromatic rings. The predicted octanol–water partition coefficient (Wildman–Crippen LogP) is 4.09. The second kappa shape index (κ2) is 10.6. The summed E-state index contributed by atoms with van der Waals surface area (Å²) in [7, 11) is 0. The van der Waals surface area contributed by atoms with Crippen molar-refractivity contribution in [3.8, 4) is 11.1 Å². The van der Waals surface area contributed by atoms with E-state index in [-0.39, 0.29) is 12.2 Å². The standard InChI is InChI=1S/C25H30N2O4/c1-19-18-20(6-12-24(28)26-31-25-4-2-3-15-30-25)5-11-23(19)21-7-9-22(10-8-21)27-13-16-29-17-14-27/h5-12,18,25H,2-4,13-17H2,1H3,(H,26,28)/b12-6+. The van der Waals surface area contributed by atoms with Gasteiger partial charge < -0.3 is 14.4 Å². The average molecular weight is 423 g/mol. The normalized spacial score (nSPS) is 19.5. The van der Waals surface area contributed by atoms with Crippen molar-refractivity contribution in [3.05, 3.63) is 59.7 Å². The Morgan fingerprint density at radius 3 is 2.61 bits per heavy atom. The highest BCUT2D eigenvalue weighted by Gasteiger charge is 2.15. The van der Waals surface area contributed by atoms with Gasteiger partial charge in [-0.15, -0.1) is 0 Å². The van der Waals surface area contributed by atoms with E-state index >= 15 is 0 Å². The molecule has 2 aliphatic rings. The molecular formula is C25H30N2O4. The number of nitrogens with zero attached hydrogens (tertiary/aromatic N) is 1. The highest BCUT2D eigenvalue weighted by Crippen LogP contribution is 2.27. The lowest BCUT2D eigenvalue weighted by Gasteiger charge is -2.29. The fourth-order valence-corrected chi connectivity index (χ4v) is 3.92. The van der Waals surface area contributed by atoms with Crippen LogP contribution in [0, 0.1) is 6.92 Å². The van der Waals surface area contributed by atoms with Crippen LogP contribution in [0.2, 0.25) is 0 Å². The molecule has 4 rings (SSSR count). The summed E-state index contributed by atoms with van der Waals surface area (Å²) < 4.78 is 10.9. The molecule has 6 nitrogen and oxygen atoms in total. The SMILES string of the molecule is Cc1cc(/C=C/C(=O)NOC2CCCCO2)ccc1-c1ccc(N2CCOCC2)cc1. The number of benzene rings is 2. The van der Waals surface area contributed by atoms with E-state index in [0.29, 0.717) is 6.61 Å². The third-order valence-electron chi connectivity index (χ3n) is 5.66. The minimum absolute atomic E-state index is 0.297. The van der Waals surface area contributed by atoms with Crippen LogP contribution in [0.15, 0.2) is 48.5 Å². The molecule has 0 bridgehead atoms. The maximum atomic E-state index is 12.0. The van der Waals surface area contributed by atoms with Gasteiger partial charge in [0.25, 0.3) is 5.91 Å². The lowest BCUT2D eigenvalue weighted by molar-refractivity contribution is -0.198. The molecule has 2 aliphatic heterocycles. The van der Waals surface area contributed by atoms with Gasteiger partial charge in [0.05, 0.1) is 13.2 Å². The minimum atomic E-state index is -0.345. The number of nitrogens with one attached hydrogen (secondary N) is 1. The highest BCUT2D eigenvalue weighted by atomic mass is 16.8. The smallest absolute Gasteiger partial charge is 0.267 e. The first-order chi connectivity index (χ1) is 15.2. The zero-order valence-corrected chi connectivity index (χ0v) is 18.0. The number of amides is 1. The molecule has 31 heavy (non-hydrogen) atoms. The summed E-state index contributed by atoms with van der Waals surface area (Å²) in [4.78, 5) is 19.7. The number of hydrogen-bond donors (Lipinski definition) is 1. The monoisotopic (exact) mass is 422 g/mol. The summed E-state index contributed by atoms with van der Waals surface area (Å²) in [5, 5.41) is 0. The summed E-state index contributed by atoms with van der Waals surface area (Å²) in [6.45, 7) is 6.21. The van der Waals surface area contributed by atoms with Gasteiger partial charge in [-0.2, -0.15) is 0 Å². The third-order valence-corrected chi connectivity index (χ3v) is 5.66. The number of ether oxygens (including phenoxy) is 2. The maximum absolute atomic E-state index is 12.0. The predicted molar refractivity (Wildman–Crippen MR) is 121 cm³/mol. The second-order valence-corrected chi connectivity index (χ2v) is 7.93. The van der Waals surface area contributed by atoms with Crippen LogP contribution in [0.1, 0.15) is 30.4 Å². The maximum Gasteiger partial charge on any atom is 0.267 e. The quantitative estimate of drug-likeness (QED) is 0.561. The van der Waals surface area contributed by atoms with Crippen LogP contribution < -0.4 is 10.4 Å². The molecule has 1 N–H and O–H groups in total. The Morgan fingerprint density at radius 2 is 1.90 bits per heavy atom. The summed E-state index contributed by atoms with van der Waals surface area (Å²) in [6, 6.07) is 14.9. The Kier molecular flexibility index (Phi) is 7.35. The molecule has 0 aromatic heterocycles. The summed E-state index contributed by atoms with van der Waals surface area (Å²) in [6.07, 6.45) is 5.83. The van der Waals surface area contributed by atoms with Crippen molar-refractivity contribution in [2.45, 2.75) is 32.5 Å². The van der Waals surface area contributed by atoms with Crippen LogP contribution in [0.3, 0.4) is 0 Å². The Labute approximate surface area is 183 Å². The number of rotatable bonds is 6. The topological polar surface area (TPSA) is 60.0 Å². The van der Waals surface area contributed by atoms with Crippen molar-refractivity contribution in [1.82, 2.24) is 5.48 Å². The van der Waals surface area contributed by atoms with Crippen LogP contribution in [-0.2, 0) is 19.1 Å². The Hall–Kier alpha value is -2.67. The van der Waals surface area contributed by atoms with Crippen LogP contribution in [-0.4, -0.2) is 45.1 Å². The molecule has 1 amide bonds. The molecule has 2 saturated heterocycles. The second-order valence-electron chi connectivity index (χ2n) is 7.93. The van der Waals surface area contributed by atoms with E-state index in [1.807, 2.05) is 6.07 Å². The van der Waals surface area contributed by atoms with E-state index < -0.39 is 0 Å². The molecule has 1 atom stereocenters. The largest absolute Gasteiger partial charge is 0.378 e. The lowest BCUT2D eigenvalue weighted by Crippen LogP contribution is -2.36. The summed E-state index contributed by atoms with van der Waals surface area (Å²) >= 11 is 0. The Morgan fingerprint density at radius 1 is 1.10 bits per heavy atom. The fraction of sp³-hybridized carbons (Fsp3) is 0.400. The van der Waals surface area contributed by atoms with Crippen LogP contribution in [0.5, 0.6) is 0 Å². The van der Waals surface area contributed by atoms with Gasteiger partial charge >= 0.3 is 0 Å². The zero-order chi connectivity index (χ0) is 21.5. The van der Waals surface area contributed by atoms with Gasteiger partial charge in [-0.3, -0.25) is 4.79 Å². The number of hydroxylamine groups is 1. The molecule has 0 aliphatic carbocycles. The van der Waals surface area contributed by atoms with Gasteiger partial charge in [0, 0.05) is 37.9 Å². The van der Waals surface area contributed by atoms with Crippen molar-refractivity contribution < 1.29 is 19.1 Å². The first kappa shape index (κ1) is 21.6. The number of carbonyl (C=O) groups is 1. The first-order valence-electron chi connectivity index (χ1n) is 11.0. The summed E-state index contributed by atoms with van der Waals surface area (Å²) in [5.41, 5.74) is 8.18. The van der Waals surface area contributed by atoms with Crippen molar-refractivity contribution in [3.63, 3.8) is 0 Å². The molecule has 0 radical (unpaired) electrons. The first-order valence-corrected chi connectivity index (χ1v) is 11.0. The Balaban J connectivity index is 1.35. The number of carbonyl (C=O) groups excluding carboxylic acids is 1. The molecule has 2 aromatic carbocycles. The van der Waals surface area contributed by atoms with Crippen LogP contribution in [0.25, 0.3) is 17.2 Å². The van der Waals surface area contributed by atoms with Crippen LogP contribution >= 0.6 is 0 Å². The van der Waals surface area contributed by atoms with E-state index in [0.717, 1.165) is 56.7 Å². The molecular weight excluding hydrogens is 392 g/mol. The highest BCUT2D eigenvalue weighted by molar-refractivity contribution is 5.91. The van der Waals surface area contributed by atoms with E-state index in [4.69, 9.17) is 14.3 Å². The number of morpholine rings is 1. The minimum Gasteiger partial charge on any atom is -0.378 e. The van der Waals surface area contributed by atoms with E-state index in [9.17, 15) is 4.79 Å². The molecule has 2 heterocycles. The van der Waals surface area contributed by atoms with Gasteiger partial charge in [-0.05, 0) is 60.2 Å². The molecule has 1 unspecified atom stereocenters. The van der Waals surface area contributed by atoms with E-state index in [2.05, 4.69) is 53.7 Å².